The topological polar surface area (TPSA) is 157 Å². The number of nitrogens with one attached hydrogen (secondary N) is 5. The van der Waals surface area contributed by atoms with Crippen molar-refractivity contribution < 1.29 is 28.5 Å². The Hall–Kier alpha value is -1.70. The third-order valence-corrected chi connectivity index (χ3v) is 3.74. The van der Waals surface area contributed by atoms with Crippen molar-refractivity contribution in [1.29, 1.82) is 0 Å². The molecule has 0 atom stereocenters. The SMILES string of the molecule is CNCCOCCOCCNC(=O)NCCCCNC(=O)NCCOCCOCCN. The lowest BCUT2D eigenvalue weighted by atomic mass is 10.3. The van der Waals surface area contributed by atoms with Crippen molar-refractivity contribution in [3.63, 3.8) is 0 Å². The van der Waals surface area contributed by atoms with E-state index in [2.05, 4.69) is 26.6 Å². The van der Waals surface area contributed by atoms with Crippen molar-refractivity contribution in [3.05, 3.63) is 0 Å². The van der Waals surface area contributed by atoms with Gasteiger partial charge < -0.3 is 51.3 Å². The van der Waals surface area contributed by atoms with Gasteiger partial charge in [0.05, 0.1) is 52.9 Å². The van der Waals surface area contributed by atoms with Crippen LogP contribution in [0.3, 0.4) is 0 Å². The summed E-state index contributed by atoms with van der Waals surface area (Å²) in [5, 5.41) is 13.9. The molecule has 184 valence electrons. The maximum Gasteiger partial charge on any atom is 0.314 e. The summed E-state index contributed by atoms with van der Waals surface area (Å²) in [6.07, 6.45) is 1.53. The van der Waals surface area contributed by atoms with Crippen LogP contribution in [0.5, 0.6) is 0 Å². The number of rotatable bonds is 22. The molecule has 0 saturated heterocycles. The summed E-state index contributed by atoms with van der Waals surface area (Å²) in [7, 11) is 1.87. The zero-order valence-electron chi connectivity index (χ0n) is 18.8. The van der Waals surface area contributed by atoms with E-state index in [1.54, 1.807) is 0 Å². The normalized spacial score (nSPS) is 10.6. The van der Waals surface area contributed by atoms with E-state index in [4.69, 9.17) is 24.7 Å². The van der Waals surface area contributed by atoms with E-state index in [0.29, 0.717) is 85.6 Å². The van der Waals surface area contributed by atoms with Gasteiger partial charge in [-0.05, 0) is 19.9 Å². The van der Waals surface area contributed by atoms with Gasteiger partial charge in [0.1, 0.15) is 0 Å². The van der Waals surface area contributed by atoms with E-state index >= 15 is 0 Å². The Balaban J connectivity index is 3.27. The Bertz CT molecular complexity index is 419. The summed E-state index contributed by atoms with van der Waals surface area (Å²) >= 11 is 0. The van der Waals surface area contributed by atoms with Crippen LogP contribution in [-0.2, 0) is 18.9 Å². The number of ether oxygens (including phenoxy) is 4. The van der Waals surface area contributed by atoms with Crippen LogP contribution in [0.4, 0.5) is 9.59 Å². The molecule has 0 fully saturated rings. The highest BCUT2D eigenvalue weighted by molar-refractivity contribution is 5.74. The second kappa shape index (κ2) is 24.6. The van der Waals surface area contributed by atoms with E-state index in [1.165, 1.54) is 0 Å². The van der Waals surface area contributed by atoms with Gasteiger partial charge >= 0.3 is 12.1 Å². The number of hydrogen-bond donors (Lipinski definition) is 6. The summed E-state index contributed by atoms with van der Waals surface area (Å²) in [5.74, 6) is 0. The van der Waals surface area contributed by atoms with Crippen LogP contribution in [0.15, 0.2) is 0 Å². The average Bonchev–Trinajstić information content (AvgIpc) is 2.76. The van der Waals surface area contributed by atoms with Crippen molar-refractivity contribution >= 4 is 12.1 Å². The molecule has 12 nitrogen and oxygen atoms in total. The van der Waals surface area contributed by atoms with Gasteiger partial charge in [-0.2, -0.15) is 0 Å². The maximum atomic E-state index is 11.6. The fraction of sp³-hybridized carbons (Fsp3) is 0.895. The molecule has 7 N–H and O–H groups in total. The lowest BCUT2D eigenvalue weighted by molar-refractivity contribution is 0.0509. The summed E-state index contributed by atoms with van der Waals surface area (Å²) in [6, 6.07) is -0.464. The fourth-order valence-corrected chi connectivity index (χ4v) is 2.15. The second-order valence-corrected chi connectivity index (χ2v) is 6.41. The van der Waals surface area contributed by atoms with E-state index in [-0.39, 0.29) is 12.1 Å². The van der Waals surface area contributed by atoms with Gasteiger partial charge in [0.15, 0.2) is 0 Å². The highest BCUT2D eigenvalue weighted by Crippen LogP contribution is 1.85. The monoisotopic (exact) mass is 450 g/mol. The molecule has 0 aliphatic carbocycles. The molecule has 0 radical (unpaired) electrons. The minimum absolute atomic E-state index is 0.229. The molecular formula is C19H42N6O6. The van der Waals surface area contributed by atoms with Gasteiger partial charge in [-0.3, -0.25) is 0 Å². The van der Waals surface area contributed by atoms with Crippen LogP contribution < -0.4 is 32.3 Å². The Kier molecular flexibility index (Phi) is 23.2. The summed E-state index contributed by atoms with van der Waals surface area (Å²) < 4.78 is 21.1. The molecule has 0 aromatic heterocycles. The number of nitrogens with two attached hydrogens (primary N) is 1. The molecule has 12 heteroatoms. The van der Waals surface area contributed by atoms with E-state index in [0.717, 1.165) is 19.4 Å². The third kappa shape index (κ3) is 24.4. The number of unbranched alkanes of at least 4 members (excludes halogenated alkanes) is 1. The first kappa shape index (κ1) is 29.3. The number of likely N-dealkylation sites (N-methyl/N-ethyl adjacent to an activating group) is 1. The Morgan fingerprint density at radius 2 is 0.968 bits per heavy atom. The number of carbonyl (C=O) groups is 2. The van der Waals surface area contributed by atoms with Gasteiger partial charge in [-0.25, -0.2) is 9.59 Å². The Labute approximate surface area is 185 Å². The predicted octanol–water partition coefficient (Wildman–Crippen LogP) is -1.39. The van der Waals surface area contributed by atoms with Crippen LogP contribution in [-0.4, -0.2) is 111 Å². The number of urea groups is 2. The Morgan fingerprint density at radius 1 is 0.581 bits per heavy atom. The predicted molar refractivity (Wildman–Crippen MR) is 118 cm³/mol. The minimum Gasteiger partial charge on any atom is -0.378 e. The third-order valence-electron chi connectivity index (χ3n) is 3.74. The smallest absolute Gasteiger partial charge is 0.314 e. The van der Waals surface area contributed by atoms with Gasteiger partial charge in [-0.15, -0.1) is 0 Å². The molecule has 0 spiro atoms. The molecule has 0 bridgehead atoms. The zero-order chi connectivity index (χ0) is 22.8. The van der Waals surface area contributed by atoms with Crippen LogP contribution in [0.1, 0.15) is 12.8 Å². The minimum atomic E-state index is -0.235. The standard InChI is InChI=1S/C19H42N6O6/c1-21-7-11-29-16-17-31-13-9-25-19(27)23-6-3-2-5-22-18(26)24-8-12-30-15-14-28-10-4-20/h21H,2-17,20H2,1H3,(H2,22,24,26)(H2,23,25,27). The average molecular weight is 451 g/mol. The van der Waals surface area contributed by atoms with Crippen molar-refractivity contribution in [3.8, 4) is 0 Å². The van der Waals surface area contributed by atoms with E-state index in [9.17, 15) is 9.59 Å². The molecule has 0 aliphatic rings. The van der Waals surface area contributed by atoms with Gasteiger partial charge in [0.25, 0.3) is 0 Å². The molecule has 4 amide bonds. The number of carbonyl (C=O) groups excluding carboxylic acids is 2. The molecule has 0 aromatic rings. The van der Waals surface area contributed by atoms with Crippen LogP contribution in [0.25, 0.3) is 0 Å². The van der Waals surface area contributed by atoms with Crippen molar-refractivity contribution in [2.24, 2.45) is 5.73 Å². The molecule has 0 saturated carbocycles. The molecular weight excluding hydrogens is 408 g/mol. The van der Waals surface area contributed by atoms with Gasteiger partial charge in [0.2, 0.25) is 0 Å². The van der Waals surface area contributed by atoms with Crippen molar-refractivity contribution in [2.45, 2.75) is 12.8 Å². The summed E-state index contributed by atoms with van der Waals surface area (Å²) in [4.78, 5) is 23.2. The lowest BCUT2D eigenvalue weighted by Crippen LogP contribution is -2.39. The second-order valence-electron chi connectivity index (χ2n) is 6.41. The fourth-order valence-electron chi connectivity index (χ4n) is 2.15. The molecule has 31 heavy (non-hydrogen) atoms. The van der Waals surface area contributed by atoms with Crippen molar-refractivity contribution in [2.75, 3.05) is 99.2 Å². The quantitative estimate of drug-likeness (QED) is 0.110. The summed E-state index contributed by atoms with van der Waals surface area (Å²) in [5.41, 5.74) is 5.30. The van der Waals surface area contributed by atoms with E-state index in [1.807, 2.05) is 7.05 Å². The summed E-state index contributed by atoms with van der Waals surface area (Å²) in [6.45, 7) is 7.30. The lowest BCUT2D eigenvalue weighted by Gasteiger charge is -2.10. The maximum absolute atomic E-state index is 11.6. The number of hydrogen-bond acceptors (Lipinski definition) is 8. The van der Waals surface area contributed by atoms with Crippen LogP contribution in [0.2, 0.25) is 0 Å². The number of amides is 4. The molecule has 0 rings (SSSR count). The first-order valence-electron chi connectivity index (χ1n) is 10.9. The largest absolute Gasteiger partial charge is 0.378 e. The van der Waals surface area contributed by atoms with Gasteiger partial charge in [-0.1, -0.05) is 0 Å². The first-order valence-corrected chi connectivity index (χ1v) is 10.9. The van der Waals surface area contributed by atoms with E-state index < -0.39 is 0 Å². The van der Waals surface area contributed by atoms with Crippen molar-refractivity contribution in [1.82, 2.24) is 26.6 Å². The molecule has 0 aromatic carbocycles. The zero-order valence-corrected chi connectivity index (χ0v) is 18.8. The van der Waals surface area contributed by atoms with Crippen LogP contribution >= 0.6 is 0 Å². The first-order chi connectivity index (χ1) is 15.2. The molecule has 0 aliphatic heterocycles. The molecule has 0 heterocycles. The van der Waals surface area contributed by atoms with Gasteiger partial charge in [0, 0.05) is 39.3 Å². The Morgan fingerprint density at radius 3 is 1.39 bits per heavy atom. The highest BCUT2D eigenvalue weighted by atomic mass is 16.5. The highest BCUT2D eigenvalue weighted by Gasteiger charge is 2.01. The van der Waals surface area contributed by atoms with Crippen LogP contribution in [0, 0.1) is 0 Å². The molecule has 0 unspecified atom stereocenters.